The van der Waals surface area contributed by atoms with Crippen LogP contribution in [0.5, 0.6) is 28.7 Å². The molecule has 0 radical (unpaired) electrons. The Morgan fingerprint density at radius 2 is 1.25 bits per heavy atom. The van der Waals surface area contributed by atoms with E-state index in [1.807, 2.05) is 88.4 Å². The van der Waals surface area contributed by atoms with Crippen molar-refractivity contribution in [2.45, 2.75) is 51.0 Å². The van der Waals surface area contributed by atoms with Gasteiger partial charge in [-0.2, -0.15) is 0 Å². The highest BCUT2D eigenvalue weighted by atomic mass is 35.5. The van der Waals surface area contributed by atoms with Gasteiger partial charge in [0.1, 0.15) is 39.7 Å². The number of aromatic hydroxyl groups is 3. The molecule has 6 aromatic carbocycles. The number of phenolic OH excluding ortho intramolecular Hbond substituents is 3. The quantitative estimate of drug-likeness (QED) is 0.0736. The van der Waals surface area contributed by atoms with Gasteiger partial charge in [-0.05, 0) is 76.6 Å². The lowest BCUT2D eigenvalue weighted by Gasteiger charge is -2.20. The van der Waals surface area contributed by atoms with Crippen molar-refractivity contribution in [3.63, 3.8) is 0 Å². The van der Waals surface area contributed by atoms with Crippen LogP contribution in [0.3, 0.4) is 0 Å². The number of anilines is 2. The smallest absolute Gasteiger partial charge is 0.236 e. The number of hydrogen-bond donors (Lipinski definition) is 5. The predicted molar refractivity (Wildman–Crippen MR) is 227 cm³/mol. The molecule has 1 atom stereocenters. The Kier molecular flexibility index (Phi) is 12.3. The molecule has 9 nitrogen and oxygen atoms in total. The van der Waals surface area contributed by atoms with Gasteiger partial charge in [0.2, 0.25) is 10.0 Å². The predicted octanol–water partition coefficient (Wildman–Crippen LogP) is 11.0. The summed E-state index contributed by atoms with van der Waals surface area (Å²) >= 11 is 6.03. The summed E-state index contributed by atoms with van der Waals surface area (Å²) in [6, 6.07) is 34.4. The number of para-hydroxylation sites is 1. The zero-order valence-corrected chi connectivity index (χ0v) is 33.7. The topological polar surface area (TPSA) is 145 Å². The van der Waals surface area contributed by atoms with Crippen LogP contribution in [0.4, 0.5) is 11.4 Å². The minimum atomic E-state index is -4.01. The molecule has 6 rings (SSSR count). The van der Waals surface area contributed by atoms with E-state index in [1.54, 1.807) is 42.5 Å². The Balaban J connectivity index is 1.37. The molecule has 0 amide bonds. The third kappa shape index (κ3) is 9.65. The van der Waals surface area contributed by atoms with Crippen molar-refractivity contribution < 1.29 is 32.7 Å². The number of halogens is 1. The monoisotopic (exact) mass is 810 g/mol. The molecular weight excluding hydrogens is 768 g/mol. The molecule has 290 valence electrons. The molecule has 0 aromatic heterocycles. The maximum absolute atomic E-state index is 13.6. The number of sulfonamides is 1. The Hall–Kier alpha value is -5.49. The Labute approximate surface area is 335 Å². The van der Waals surface area contributed by atoms with Crippen molar-refractivity contribution in [3.8, 4) is 51.0 Å². The molecule has 0 aliphatic carbocycles. The minimum absolute atomic E-state index is 0.0725. The number of hydrogen-bond acceptors (Lipinski definition) is 7. The first-order valence-electron chi connectivity index (χ1n) is 18.0. The standard InChI is InChI=1S/C44H43ClN2O7S2/c1-27(2)35-21-37(42(49)23-41(35)48)34-19-18-32(20-40(34)47-56(52,53)26-30-14-16-31(45)17-15-30)54-44-24-43(50)38(22-36(44)28(3)4)33-12-8-9-13-39(33)46-55(51)25-29-10-6-5-7-11-29/h5-24,27-28,46-50H,25-26H2,1-4H3. The lowest BCUT2D eigenvalue weighted by Crippen LogP contribution is -2.15. The summed E-state index contributed by atoms with van der Waals surface area (Å²) in [7, 11) is -5.45. The molecule has 0 heterocycles. The highest BCUT2D eigenvalue weighted by molar-refractivity contribution is 7.91. The molecule has 0 saturated carbocycles. The van der Waals surface area contributed by atoms with Crippen molar-refractivity contribution in [3.05, 3.63) is 149 Å². The first-order valence-corrected chi connectivity index (χ1v) is 21.3. The summed E-state index contributed by atoms with van der Waals surface area (Å²) in [5.41, 5.74) is 5.31. The molecule has 56 heavy (non-hydrogen) atoms. The van der Waals surface area contributed by atoms with Crippen LogP contribution in [0.2, 0.25) is 5.02 Å². The fraction of sp³-hybridized carbons (Fsp3) is 0.182. The van der Waals surface area contributed by atoms with Gasteiger partial charge >= 0.3 is 0 Å². The summed E-state index contributed by atoms with van der Waals surface area (Å²) in [6.07, 6.45) is 0. The van der Waals surface area contributed by atoms with Gasteiger partial charge in [-0.1, -0.05) is 100.0 Å². The summed E-state index contributed by atoms with van der Waals surface area (Å²) < 4.78 is 52.6. The molecule has 6 aromatic rings. The van der Waals surface area contributed by atoms with Crippen molar-refractivity contribution in [2.75, 3.05) is 9.44 Å². The van der Waals surface area contributed by atoms with E-state index in [2.05, 4.69) is 9.44 Å². The first kappa shape index (κ1) is 40.2. The molecule has 0 fully saturated rings. The zero-order chi connectivity index (χ0) is 40.1. The van der Waals surface area contributed by atoms with Crippen LogP contribution in [0.15, 0.2) is 121 Å². The second-order valence-corrected chi connectivity index (χ2v) is 17.4. The van der Waals surface area contributed by atoms with Gasteiger partial charge in [0.05, 0.1) is 22.9 Å². The van der Waals surface area contributed by atoms with Crippen molar-refractivity contribution in [1.82, 2.24) is 0 Å². The Morgan fingerprint density at radius 1 is 0.643 bits per heavy atom. The second-order valence-electron chi connectivity index (χ2n) is 14.1. The van der Waals surface area contributed by atoms with E-state index in [4.69, 9.17) is 16.3 Å². The van der Waals surface area contributed by atoms with Gasteiger partial charge in [-0.3, -0.25) is 4.72 Å². The normalized spacial score (nSPS) is 12.1. The largest absolute Gasteiger partial charge is 0.508 e. The maximum Gasteiger partial charge on any atom is 0.236 e. The van der Waals surface area contributed by atoms with Crippen LogP contribution in [0.1, 0.15) is 61.8 Å². The van der Waals surface area contributed by atoms with Crippen molar-refractivity contribution in [2.24, 2.45) is 0 Å². The van der Waals surface area contributed by atoms with Crippen LogP contribution in [0, 0.1) is 0 Å². The molecule has 0 aliphatic heterocycles. The van der Waals surface area contributed by atoms with Gasteiger partial charge in [-0.25, -0.2) is 12.6 Å². The number of phenols is 3. The number of benzene rings is 6. The average molecular weight is 811 g/mol. The van der Waals surface area contributed by atoms with E-state index in [0.717, 1.165) is 11.1 Å². The fourth-order valence-electron chi connectivity index (χ4n) is 6.34. The summed E-state index contributed by atoms with van der Waals surface area (Å²) in [5.74, 6) is -0.00433. The van der Waals surface area contributed by atoms with E-state index in [9.17, 15) is 27.9 Å². The van der Waals surface area contributed by atoms with Crippen LogP contribution >= 0.6 is 11.6 Å². The number of rotatable bonds is 14. The Bertz CT molecular complexity index is 2490. The highest BCUT2D eigenvalue weighted by Crippen LogP contribution is 2.45. The molecule has 0 aliphatic rings. The zero-order valence-electron chi connectivity index (χ0n) is 31.3. The van der Waals surface area contributed by atoms with Crippen LogP contribution in [-0.2, 0) is 32.5 Å². The second kappa shape index (κ2) is 17.1. The molecular formula is C44H43ClN2O7S2. The van der Waals surface area contributed by atoms with Gasteiger partial charge in [0.15, 0.2) is 0 Å². The van der Waals surface area contributed by atoms with Gasteiger partial charge in [0.25, 0.3) is 0 Å². The summed E-state index contributed by atoms with van der Waals surface area (Å²) in [4.78, 5) is 0. The number of ether oxygens (including phenoxy) is 1. The molecule has 1 unspecified atom stereocenters. The maximum atomic E-state index is 13.6. The highest BCUT2D eigenvalue weighted by Gasteiger charge is 2.22. The van der Waals surface area contributed by atoms with Crippen molar-refractivity contribution >= 4 is 44.0 Å². The van der Waals surface area contributed by atoms with E-state index in [-0.39, 0.29) is 46.3 Å². The lowest BCUT2D eigenvalue weighted by atomic mass is 9.94. The Morgan fingerprint density at radius 3 is 1.93 bits per heavy atom. The third-order valence-corrected chi connectivity index (χ3v) is 11.7. The van der Waals surface area contributed by atoms with Gasteiger partial charge < -0.3 is 24.8 Å². The van der Waals surface area contributed by atoms with Crippen LogP contribution in [-0.4, -0.2) is 27.9 Å². The fourth-order valence-corrected chi connectivity index (χ4v) is 8.67. The molecule has 12 heteroatoms. The van der Waals surface area contributed by atoms with E-state index >= 15 is 0 Å². The lowest BCUT2D eigenvalue weighted by molar-refractivity contribution is 0.444. The van der Waals surface area contributed by atoms with E-state index in [0.29, 0.717) is 55.6 Å². The summed E-state index contributed by atoms with van der Waals surface area (Å²) in [6.45, 7) is 7.78. The molecule has 0 spiro atoms. The molecule has 0 saturated heterocycles. The van der Waals surface area contributed by atoms with Gasteiger partial charge in [-0.15, -0.1) is 0 Å². The van der Waals surface area contributed by atoms with Crippen LogP contribution < -0.4 is 14.2 Å². The first-order chi connectivity index (χ1) is 26.7. The van der Waals surface area contributed by atoms with Crippen LogP contribution in [0.25, 0.3) is 22.3 Å². The third-order valence-electron chi connectivity index (χ3n) is 9.14. The van der Waals surface area contributed by atoms with Gasteiger partial charge in [0, 0.05) is 45.5 Å². The van der Waals surface area contributed by atoms with Crippen molar-refractivity contribution in [1.29, 1.82) is 0 Å². The molecule has 5 N–H and O–H groups in total. The average Bonchev–Trinajstić information content (AvgIpc) is 3.13. The molecule has 0 bridgehead atoms. The minimum Gasteiger partial charge on any atom is -0.508 e. The number of nitrogens with one attached hydrogen (secondary N) is 2. The van der Waals surface area contributed by atoms with E-state index < -0.39 is 21.0 Å². The van der Waals surface area contributed by atoms with E-state index in [1.165, 1.54) is 18.2 Å². The summed E-state index contributed by atoms with van der Waals surface area (Å²) in [5, 5.41) is 33.5. The SMILES string of the molecule is CC(C)c1cc(-c2ccc(Oc3cc(O)c(-c4ccccc4NS(=O)Cc4ccccc4)cc3C(C)C)cc2NS(=O)(=O)Cc2ccc(Cl)cc2)c(O)cc1O.